The lowest BCUT2D eigenvalue weighted by atomic mass is 9.92. The van der Waals surface area contributed by atoms with E-state index in [9.17, 15) is 9.90 Å². The number of rotatable bonds is 4. The second kappa shape index (κ2) is 5.51. The highest BCUT2D eigenvalue weighted by Gasteiger charge is 2.18. The van der Waals surface area contributed by atoms with Gasteiger partial charge in [-0.3, -0.25) is 0 Å². The van der Waals surface area contributed by atoms with Gasteiger partial charge in [-0.15, -0.1) is 0 Å². The molecule has 114 valence electrons. The van der Waals surface area contributed by atoms with Crippen LogP contribution in [0.2, 0.25) is 0 Å². The molecule has 0 unspecified atom stereocenters. The number of aromatic nitrogens is 2. The smallest absolute Gasteiger partial charge is 0.335 e. The number of fused-ring (bicyclic) bond motifs is 1. The minimum Gasteiger partial charge on any atom is -0.478 e. The second-order valence-electron chi connectivity index (χ2n) is 7.10. The van der Waals surface area contributed by atoms with Gasteiger partial charge < -0.3 is 9.67 Å². The number of hydrogen-bond acceptors (Lipinski definition) is 2. The fraction of sp³-hybridized carbons (Fsp3) is 0.529. The molecule has 0 amide bonds. The SMILES string of the molecule is CC(C)c1nc2ccc(C(=O)O)cc2n1CCC(C)(C)C. The minimum atomic E-state index is -0.897. The first kappa shape index (κ1) is 15.5. The van der Waals surface area contributed by atoms with Crippen LogP contribution in [-0.4, -0.2) is 20.6 Å². The summed E-state index contributed by atoms with van der Waals surface area (Å²) in [4.78, 5) is 15.9. The zero-order valence-electron chi connectivity index (χ0n) is 13.5. The van der Waals surface area contributed by atoms with Gasteiger partial charge in [0.15, 0.2) is 0 Å². The molecule has 0 aliphatic carbocycles. The summed E-state index contributed by atoms with van der Waals surface area (Å²) in [7, 11) is 0. The zero-order chi connectivity index (χ0) is 15.8. The van der Waals surface area contributed by atoms with Crippen molar-refractivity contribution in [2.75, 3.05) is 0 Å². The summed E-state index contributed by atoms with van der Waals surface area (Å²) in [5.41, 5.74) is 2.34. The average molecular weight is 288 g/mol. The van der Waals surface area contributed by atoms with Gasteiger partial charge in [-0.25, -0.2) is 9.78 Å². The van der Waals surface area contributed by atoms with E-state index in [0.717, 1.165) is 29.8 Å². The Balaban J connectivity index is 2.53. The maximum absolute atomic E-state index is 11.2. The van der Waals surface area contributed by atoms with E-state index in [-0.39, 0.29) is 5.41 Å². The molecule has 4 heteroatoms. The van der Waals surface area contributed by atoms with E-state index >= 15 is 0 Å². The van der Waals surface area contributed by atoms with Crippen LogP contribution in [0.1, 0.15) is 63.1 Å². The fourth-order valence-electron chi connectivity index (χ4n) is 2.40. The van der Waals surface area contributed by atoms with E-state index in [0.29, 0.717) is 11.5 Å². The topological polar surface area (TPSA) is 55.1 Å². The Morgan fingerprint density at radius 3 is 2.52 bits per heavy atom. The van der Waals surface area contributed by atoms with E-state index in [4.69, 9.17) is 0 Å². The first-order valence-electron chi connectivity index (χ1n) is 7.42. The molecular formula is C17H24N2O2. The number of carboxylic acids is 1. The first-order valence-corrected chi connectivity index (χ1v) is 7.42. The Hall–Kier alpha value is -1.84. The van der Waals surface area contributed by atoms with Gasteiger partial charge in [0, 0.05) is 12.5 Å². The van der Waals surface area contributed by atoms with Crippen molar-refractivity contribution in [3.8, 4) is 0 Å². The predicted molar refractivity (Wildman–Crippen MR) is 84.9 cm³/mol. The Kier molecular flexibility index (Phi) is 4.08. The Morgan fingerprint density at radius 2 is 2.00 bits per heavy atom. The molecule has 0 fully saturated rings. The summed E-state index contributed by atoms with van der Waals surface area (Å²) in [5.74, 6) is 0.439. The summed E-state index contributed by atoms with van der Waals surface area (Å²) in [6.07, 6.45) is 1.02. The van der Waals surface area contributed by atoms with Crippen LogP contribution in [0, 0.1) is 5.41 Å². The molecule has 4 nitrogen and oxygen atoms in total. The monoisotopic (exact) mass is 288 g/mol. The van der Waals surface area contributed by atoms with Crippen molar-refractivity contribution >= 4 is 17.0 Å². The molecule has 1 aromatic heterocycles. The standard InChI is InChI=1S/C17H24N2O2/c1-11(2)15-18-13-7-6-12(16(20)21)10-14(13)19(15)9-8-17(3,4)5/h6-7,10-11H,8-9H2,1-5H3,(H,20,21). The largest absolute Gasteiger partial charge is 0.478 e. The summed E-state index contributed by atoms with van der Waals surface area (Å²) in [5, 5.41) is 9.18. The Labute approximate surface area is 125 Å². The number of imidazole rings is 1. The van der Waals surface area contributed by atoms with Crippen molar-refractivity contribution in [1.29, 1.82) is 0 Å². The van der Waals surface area contributed by atoms with Gasteiger partial charge in [-0.05, 0) is 30.0 Å². The number of nitrogens with zero attached hydrogens (tertiary/aromatic N) is 2. The van der Waals surface area contributed by atoms with Crippen LogP contribution in [0.25, 0.3) is 11.0 Å². The third-order valence-electron chi connectivity index (χ3n) is 3.63. The maximum atomic E-state index is 11.2. The van der Waals surface area contributed by atoms with Gasteiger partial charge in [-0.1, -0.05) is 34.6 Å². The molecule has 0 bridgehead atoms. The molecule has 0 spiro atoms. The molecule has 0 radical (unpaired) electrons. The number of aryl methyl sites for hydroxylation is 1. The van der Waals surface area contributed by atoms with Crippen molar-refractivity contribution in [3.63, 3.8) is 0 Å². The van der Waals surface area contributed by atoms with Gasteiger partial charge in [-0.2, -0.15) is 0 Å². The third kappa shape index (κ3) is 3.43. The first-order chi connectivity index (χ1) is 9.69. The number of carboxylic acid groups (broad SMARTS) is 1. The van der Waals surface area contributed by atoms with Crippen molar-refractivity contribution in [3.05, 3.63) is 29.6 Å². The molecule has 0 atom stereocenters. The van der Waals surface area contributed by atoms with Crippen LogP contribution >= 0.6 is 0 Å². The summed E-state index contributed by atoms with van der Waals surface area (Å²) < 4.78 is 2.18. The summed E-state index contributed by atoms with van der Waals surface area (Å²) >= 11 is 0. The molecule has 2 aromatic rings. The highest BCUT2D eigenvalue weighted by molar-refractivity contribution is 5.92. The fourth-order valence-corrected chi connectivity index (χ4v) is 2.40. The quantitative estimate of drug-likeness (QED) is 0.912. The van der Waals surface area contributed by atoms with E-state index in [1.165, 1.54) is 0 Å². The zero-order valence-corrected chi connectivity index (χ0v) is 13.5. The van der Waals surface area contributed by atoms with Crippen LogP contribution in [0.15, 0.2) is 18.2 Å². The van der Waals surface area contributed by atoms with E-state index in [1.54, 1.807) is 18.2 Å². The number of benzene rings is 1. The van der Waals surface area contributed by atoms with Gasteiger partial charge in [0.05, 0.1) is 16.6 Å². The van der Waals surface area contributed by atoms with Gasteiger partial charge in [0.2, 0.25) is 0 Å². The molecule has 0 saturated heterocycles. The predicted octanol–water partition coefficient (Wildman–Crippen LogP) is 4.29. The molecule has 2 rings (SSSR count). The van der Waals surface area contributed by atoms with Crippen LogP contribution in [0.3, 0.4) is 0 Å². The number of carbonyl (C=O) groups is 1. The molecule has 0 aliphatic heterocycles. The highest BCUT2D eigenvalue weighted by Crippen LogP contribution is 2.26. The van der Waals surface area contributed by atoms with Crippen molar-refractivity contribution < 1.29 is 9.90 Å². The average Bonchev–Trinajstić information content (AvgIpc) is 2.73. The lowest BCUT2D eigenvalue weighted by molar-refractivity contribution is 0.0697. The molecule has 1 aromatic carbocycles. The molecule has 21 heavy (non-hydrogen) atoms. The minimum absolute atomic E-state index is 0.231. The van der Waals surface area contributed by atoms with E-state index < -0.39 is 5.97 Å². The summed E-state index contributed by atoms with van der Waals surface area (Å²) in [6, 6.07) is 5.16. The molecule has 1 heterocycles. The number of hydrogen-bond donors (Lipinski definition) is 1. The summed E-state index contributed by atoms with van der Waals surface area (Å²) in [6.45, 7) is 11.7. The molecule has 0 saturated carbocycles. The van der Waals surface area contributed by atoms with E-state index in [1.807, 2.05) is 0 Å². The van der Waals surface area contributed by atoms with Crippen molar-refractivity contribution in [2.24, 2.45) is 5.41 Å². The Morgan fingerprint density at radius 1 is 1.33 bits per heavy atom. The van der Waals surface area contributed by atoms with Crippen LogP contribution in [0.4, 0.5) is 0 Å². The van der Waals surface area contributed by atoms with Gasteiger partial charge >= 0.3 is 5.97 Å². The van der Waals surface area contributed by atoms with Crippen LogP contribution < -0.4 is 0 Å². The van der Waals surface area contributed by atoms with E-state index in [2.05, 4.69) is 44.2 Å². The highest BCUT2D eigenvalue weighted by atomic mass is 16.4. The normalized spacial score (nSPS) is 12.3. The second-order valence-corrected chi connectivity index (χ2v) is 7.10. The number of aromatic carboxylic acids is 1. The van der Waals surface area contributed by atoms with Crippen LogP contribution in [0.5, 0.6) is 0 Å². The van der Waals surface area contributed by atoms with Crippen LogP contribution in [-0.2, 0) is 6.54 Å². The lowest BCUT2D eigenvalue weighted by Gasteiger charge is -2.20. The third-order valence-corrected chi connectivity index (χ3v) is 3.63. The van der Waals surface area contributed by atoms with Crippen molar-refractivity contribution in [1.82, 2.24) is 9.55 Å². The molecule has 0 aliphatic rings. The lowest BCUT2D eigenvalue weighted by Crippen LogP contribution is -2.13. The maximum Gasteiger partial charge on any atom is 0.335 e. The van der Waals surface area contributed by atoms with Crippen molar-refractivity contribution in [2.45, 2.75) is 53.5 Å². The molecule has 1 N–H and O–H groups in total. The van der Waals surface area contributed by atoms with Gasteiger partial charge in [0.25, 0.3) is 0 Å². The Bertz CT molecular complexity index is 663. The van der Waals surface area contributed by atoms with Gasteiger partial charge in [0.1, 0.15) is 5.82 Å². The molecular weight excluding hydrogens is 264 g/mol.